The summed E-state index contributed by atoms with van der Waals surface area (Å²) < 4.78 is 5.76. The summed E-state index contributed by atoms with van der Waals surface area (Å²) in [6.45, 7) is 0.996. The molecule has 0 saturated heterocycles. The summed E-state index contributed by atoms with van der Waals surface area (Å²) in [6, 6.07) is 13.3. The van der Waals surface area contributed by atoms with Crippen LogP contribution in [0, 0.1) is 10.1 Å². The van der Waals surface area contributed by atoms with Crippen molar-refractivity contribution in [3.8, 4) is 0 Å². The number of rotatable bonds is 8. The fraction of sp³-hybridized carbons (Fsp3) is 0.350. The smallest absolute Gasteiger partial charge is 0.293 e. The van der Waals surface area contributed by atoms with Gasteiger partial charge in [-0.1, -0.05) is 43.2 Å². The van der Waals surface area contributed by atoms with Gasteiger partial charge in [-0.05, 0) is 25.0 Å². The van der Waals surface area contributed by atoms with Crippen LogP contribution in [-0.2, 0) is 4.74 Å². The zero-order valence-corrected chi connectivity index (χ0v) is 14.5. The van der Waals surface area contributed by atoms with E-state index in [4.69, 9.17) is 4.74 Å². The quantitative estimate of drug-likeness (QED) is 0.333. The van der Waals surface area contributed by atoms with Crippen LogP contribution in [0.1, 0.15) is 41.6 Å². The molecule has 2 aromatic rings. The number of benzene rings is 2. The van der Waals surface area contributed by atoms with E-state index in [9.17, 15) is 14.9 Å². The normalized spacial score (nSPS) is 14.3. The molecule has 1 aliphatic carbocycles. The van der Waals surface area contributed by atoms with E-state index in [1.807, 2.05) is 6.07 Å². The minimum Gasteiger partial charge on any atom is -0.377 e. The lowest BCUT2D eigenvalue weighted by molar-refractivity contribution is -0.384. The largest absolute Gasteiger partial charge is 0.377 e. The SMILES string of the molecule is O=C(c1ccccc1)c1ccc(NCCOC2CCCC2)c([N+](=O)[O-])c1. The number of nitrogens with one attached hydrogen (secondary N) is 1. The van der Waals surface area contributed by atoms with Crippen molar-refractivity contribution in [1.29, 1.82) is 0 Å². The van der Waals surface area contributed by atoms with Crippen LogP contribution < -0.4 is 5.32 Å². The van der Waals surface area contributed by atoms with Gasteiger partial charge in [0.05, 0.1) is 17.6 Å². The van der Waals surface area contributed by atoms with Gasteiger partial charge in [0.15, 0.2) is 5.78 Å². The van der Waals surface area contributed by atoms with Crippen molar-refractivity contribution in [3.05, 3.63) is 69.8 Å². The van der Waals surface area contributed by atoms with Gasteiger partial charge in [-0.15, -0.1) is 0 Å². The fourth-order valence-electron chi connectivity index (χ4n) is 3.20. The van der Waals surface area contributed by atoms with E-state index in [-0.39, 0.29) is 11.5 Å². The van der Waals surface area contributed by atoms with Gasteiger partial charge in [-0.2, -0.15) is 0 Å². The van der Waals surface area contributed by atoms with E-state index in [1.165, 1.54) is 18.9 Å². The Morgan fingerprint density at radius 1 is 1.12 bits per heavy atom. The number of hydrogen-bond donors (Lipinski definition) is 1. The molecule has 6 heteroatoms. The van der Waals surface area contributed by atoms with Crippen molar-refractivity contribution in [3.63, 3.8) is 0 Å². The average Bonchev–Trinajstić information content (AvgIpc) is 3.19. The van der Waals surface area contributed by atoms with E-state index in [0.29, 0.717) is 36.1 Å². The van der Waals surface area contributed by atoms with Gasteiger partial charge in [0.1, 0.15) is 5.69 Å². The molecule has 0 spiro atoms. The van der Waals surface area contributed by atoms with Crippen molar-refractivity contribution in [2.75, 3.05) is 18.5 Å². The molecule has 2 aromatic carbocycles. The summed E-state index contributed by atoms with van der Waals surface area (Å²) >= 11 is 0. The molecule has 0 radical (unpaired) electrons. The number of nitro groups is 1. The molecule has 1 N–H and O–H groups in total. The molecule has 0 bridgehead atoms. The van der Waals surface area contributed by atoms with E-state index in [1.54, 1.807) is 36.4 Å². The van der Waals surface area contributed by atoms with Crippen LogP contribution >= 0.6 is 0 Å². The molecular formula is C20H22N2O4. The Balaban J connectivity index is 1.66. The lowest BCUT2D eigenvalue weighted by atomic mass is 10.0. The molecule has 26 heavy (non-hydrogen) atoms. The lowest BCUT2D eigenvalue weighted by Crippen LogP contribution is -2.16. The molecule has 1 saturated carbocycles. The molecule has 0 aromatic heterocycles. The summed E-state index contributed by atoms with van der Waals surface area (Å²) in [5.74, 6) is -0.232. The number of carbonyl (C=O) groups is 1. The topological polar surface area (TPSA) is 81.5 Å². The van der Waals surface area contributed by atoms with E-state index in [2.05, 4.69) is 5.32 Å². The Kier molecular flexibility index (Phi) is 5.96. The maximum absolute atomic E-state index is 12.5. The van der Waals surface area contributed by atoms with Crippen molar-refractivity contribution in [1.82, 2.24) is 0 Å². The van der Waals surface area contributed by atoms with Crippen molar-refractivity contribution < 1.29 is 14.5 Å². The number of ether oxygens (including phenoxy) is 1. The molecule has 0 heterocycles. The van der Waals surface area contributed by atoms with Crippen LogP contribution in [0.2, 0.25) is 0 Å². The first kappa shape index (κ1) is 18.1. The number of ketones is 1. The molecule has 1 aliphatic rings. The first-order chi connectivity index (χ1) is 12.6. The average molecular weight is 354 g/mol. The number of nitro benzene ring substituents is 1. The molecule has 0 unspecified atom stereocenters. The third-order valence-electron chi connectivity index (χ3n) is 4.57. The van der Waals surface area contributed by atoms with E-state index >= 15 is 0 Å². The molecule has 0 amide bonds. The molecule has 3 rings (SSSR count). The van der Waals surface area contributed by atoms with Crippen molar-refractivity contribution >= 4 is 17.2 Å². The standard InChI is InChI=1S/C20H22N2O4/c23-20(15-6-2-1-3-7-15)16-10-11-18(19(14-16)22(24)25)21-12-13-26-17-8-4-5-9-17/h1-3,6-7,10-11,14,17,21H,4-5,8-9,12-13H2. The summed E-state index contributed by atoms with van der Waals surface area (Å²) in [6.07, 6.45) is 4.92. The predicted molar refractivity (Wildman–Crippen MR) is 99.7 cm³/mol. The Morgan fingerprint density at radius 3 is 2.54 bits per heavy atom. The number of anilines is 1. The van der Waals surface area contributed by atoms with E-state index in [0.717, 1.165) is 12.8 Å². The number of carbonyl (C=O) groups excluding carboxylic acids is 1. The third kappa shape index (κ3) is 4.46. The van der Waals surface area contributed by atoms with Crippen LogP contribution in [0.15, 0.2) is 48.5 Å². The van der Waals surface area contributed by atoms with Crippen LogP contribution in [0.5, 0.6) is 0 Å². The molecule has 0 atom stereocenters. The van der Waals surface area contributed by atoms with Crippen LogP contribution in [-0.4, -0.2) is 30.0 Å². The zero-order valence-electron chi connectivity index (χ0n) is 14.5. The van der Waals surface area contributed by atoms with Gasteiger partial charge in [-0.25, -0.2) is 0 Å². The minimum atomic E-state index is -0.470. The zero-order chi connectivity index (χ0) is 18.4. The highest BCUT2D eigenvalue weighted by molar-refractivity contribution is 6.09. The Hall–Kier alpha value is -2.73. The molecular weight excluding hydrogens is 332 g/mol. The van der Waals surface area contributed by atoms with Gasteiger partial charge in [0.2, 0.25) is 0 Å². The molecule has 1 fully saturated rings. The highest BCUT2D eigenvalue weighted by atomic mass is 16.6. The van der Waals surface area contributed by atoms with Crippen LogP contribution in [0.4, 0.5) is 11.4 Å². The molecule has 136 valence electrons. The maximum Gasteiger partial charge on any atom is 0.293 e. The van der Waals surface area contributed by atoms with Gasteiger partial charge in [0, 0.05) is 23.7 Å². The van der Waals surface area contributed by atoms with E-state index < -0.39 is 4.92 Å². The van der Waals surface area contributed by atoms with Crippen LogP contribution in [0.3, 0.4) is 0 Å². The van der Waals surface area contributed by atoms with Gasteiger partial charge in [0.25, 0.3) is 5.69 Å². The van der Waals surface area contributed by atoms with Gasteiger partial charge >= 0.3 is 0 Å². The third-order valence-corrected chi connectivity index (χ3v) is 4.57. The first-order valence-corrected chi connectivity index (χ1v) is 8.89. The van der Waals surface area contributed by atoms with Crippen molar-refractivity contribution in [2.45, 2.75) is 31.8 Å². The van der Waals surface area contributed by atoms with Gasteiger partial charge < -0.3 is 10.1 Å². The fourth-order valence-corrected chi connectivity index (χ4v) is 3.20. The first-order valence-electron chi connectivity index (χ1n) is 8.89. The molecule has 0 aliphatic heterocycles. The Morgan fingerprint density at radius 2 is 1.85 bits per heavy atom. The second-order valence-corrected chi connectivity index (χ2v) is 6.39. The monoisotopic (exact) mass is 354 g/mol. The number of nitrogens with zero attached hydrogens (tertiary/aromatic N) is 1. The maximum atomic E-state index is 12.5. The summed E-state index contributed by atoms with van der Waals surface area (Å²) in [4.78, 5) is 23.4. The summed E-state index contributed by atoms with van der Waals surface area (Å²) in [5, 5.41) is 14.4. The minimum absolute atomic E-state index is 0.104. The Bertz CT molecular complexity index is 771. The van der Waals surface area contributed by atoms with Gasteiger partial charge in [-0.3, -0.25) is 14.9 Å². The predicted octanol–water partition coefficient (Wildman–Crippen LogP) is 4.20. The summed E-state index contributed by atoms with van der Waals surface area (Å²) in [7, 11) is 0. The van der Waals surface area contributed by atoms with Crippen molar-refractivity contribution in [2.24, 2.45) is 0 Å². The second kappa shape index (κ2) is 8.58. The summed E-state index contributed by atoms with van der Waals surface area (Å²) in [5.41, 5.74) is 1.10. The number of hydrogen-bond acceptors (Lipinski definition) is 5. The molecule has 6 nitrogen and oxygen atoms in total. The lowest BCUT2D eigenvalue weighted by Gasteiger charge is -2.12. The highest BCUT2D eigenvalue weighted by Crippen LogP contribution is 2.27. The van der Waals surface area contributed by atoms with Crippen LogP contribution in [0.25, 0.3) is 0 Å². The Labute approximate surface area is 152 Å². The highest BCUT2D eigenvalue weighted by Gasteiger charge is 2.19. The second-order valence-electron chi connectivity index (χ2n) is 6.39.